The maximum atomic E-state index is 13.7. The van der Waals surface area contributed by atoms with Crippen molar-refractivity contribution in [3.8, 4) is 5.75 Å². The van der Waals surface area contributed by atoms with Crippen molar-refractivity contribution in [1.82, 2.24) is 9.78 Å². The van der Waals surface area contributed by atoms with E-state index in [0.717, 1.165) is 16.9 Å². The molecule has 0 saturated carbocycles. The third-order valence-electron chi connectivity index (χ3n) is 2.83. The zero-order valence-corrected chi connectivity index (χ0v) is 12.2. The Labute approximate surface area is 128 Å². The summed E-state index contributed by atoms with van der Waals surface area (Å²) in [7, 11) is 1.27. The van der Waals surface area contributed by atoms with Gasteiger partial charge in [0.1, 0.15) is 0 Å². The van der Waals surface area contributed by atoms with Crippen LogP contribution >= 0.6 is 0 Å². The normalized spacial score (nSPS) is 11.4. The lowest BCUT2D eigenvalue weighted by molar-refractivity contribution is -0.141. The number of rotatable bonds is 4. The van der Waals surface area contributed by atoms with Crippen LogP contribution in [0.3, 0.4) is 0 Å². The monoisotopic (exact) mass is 331 g/mol. The van der Waals surface area contributed by atoms with E-state index in [1.807, 2.05) is 0 Å². The van der Waals surface area contributed by atoms with E-state index >= 15 is 0 Å². The van der Waals surface area contributed by atoms with Crippen molar-refractivity contribution in [2.45, 2.75) is 13.1 Å². The minimum atomic E-state index is -4.77. The molecule has 0 bridgehead atoms. The van der Waals surface area contributed by atoms with Crippen LogP contribution in [-0.2, 0) is 13.2 Å². The van der Waals surface area contributed by atoms with Crippen molar-refractivity contribution in [1.29, 1.82) is 0 Å². The number of aromatic nitrogens is 2. The standard InChI is InChI=1S/C14H13F4N3O2/c1-3-23-11-5-4-8(6-10(11)15)19-13(22)9-7-21(2)20-12(9)14(16,17)18/h4-7H,3H2,1-2H3,(H,19,22). The van der Waals surface area contributed by atoms with E-state index in [1.165, 1.54) is 19.2 Å². The fraction of sp³-hybridized carbons (Fsp3) is 0.286. The molecule has 124 valence electrons. The molecule has 0 fully saturated rings. The Kier molecular flexibility index (Phi) is 4.57. The highest BCUT2D eigenvalue weighted by atomic mass is 19.4. The smallest absolute Gasteiger partial charge is 0.435 e. The molecule has 0 aliphatic carbocycles. The van der Waals surface area contributed by atoms with Gasteiger partial charge in [-0.15, -0.1) is 0 Å². The molecule has 23 heavy (non-hydrogen) atoms. The Balaban J connectivity index is 2.25. The highest BCUT2D eigenvalue weighted by molar-refractivity contribution is 6.05. The number of carbonyl (C=O) groups is 1. The lowest BCUT2D eigenvalue weighted by Gasteiger charge is -2.09. The minimum Gasteiger partial charge on any atom is -0.491 e. The molecule has 1 N–H and O–H groups in total. The first kappa shape index (κ1) is 16.8. The Hall–Kier alpha value is -2.58. The van der Waals surface area contributed by atoms with Gasteiger partial charge in [-0.1, -0.05) is 0 Å². The molecular formula is C14H13F4N3O2. The molecule has 0 radical (unpaired) electrons. The van der Waals surface area contributed by atoms with Crippen LogP contribution in [-0.4, -0.2) is 22.3 Å². The molecule has 0 unspecified atom stereocenters. The van der Waals surface area contributed by atoms with E-state index in [1.54, 1.807) is 6.92 Å². The van der Waals surface area contributed by atoms with Crippen LogP contribution in [0.5, 0.6) is 5.75 Å². The number of hydrogen-bond acceptors (Lipinski definition) is 3. The first-order chi connectivity index (χ1) is 10.7. The van der Waals surface area contributed by atoms with Gasteiger partial charge in [0, 0.05) is 25.0 Å². The SMILES string of the molecule is CCOc1ccc(NC(=O)c2cn(C)nc2C(F)(F)F)cc1F. The van der Waals surface area contributed by atoms with Gasteiger partial charge in [-0.25, -0.2) is 4.39 Å². The summed E-state index contributed by atoms with van der Waals surface area (Å²) in [6.45, 7) is 1.93. The van der Waals surface area contributed by atoms with Gasteiger partial charge in [0.2, 0.25) is 0 Å². The van der Waals surface area contributed by atoms with Crippen LogP contribution < -0.4 is 10.1 Å². The predicted molar refractivity (Wildman–Crippen MR) is 73.7 cm³/mol. The summed E-state index contributed by atoms with van der Waals surface area (Å²) in [6.07, 6.45) is -3.82. The largest absolute Gasteiger partial charge is 0.491 e. The average Bonchev–Trinajstić information content (AvgIpc) is 2.84. The van der Waals surface area contributed by atoms with Gasteiger partial charge in [-0.3, -0.25) is 9.48 Å². The first-order valence-electron chi connectivity index (χ1n) is 6.57. The number of nitrogens with one attached hydrogen (secondary N) is 1. The maximum absolute atomic E-state index is 13.7. The number of amides is 1. The lowest BCUT2D eigenvalue weighted by atomic mass is 10.2. The quantitative estimate of drug-likeness (QED) is 0.875. The zero-order chi connectivity index (χ0) is 17.2. The van der Waals surface area contributed by atoms with Crippen LogP contribution in [0.4, 0.5) is 23.2 Å². The Morgan fingerprint density at radius 3 is 2.65 bits per heavy atom. The number of nitrogens with zero attached hydrogens (tertiary/aromatic N) is 2. The zero-order valence-electron chi connectivity index (χ0n) is 12.2. The summed E-state index contributed by atoms with van der Waals surface area (Å²) >= 11 is 0. The number of anilines is 1. The number of aryl methyl sites for hydroxylation is 1. The van der Waals surface area contributed by atoms with Crippen molar-refractivity contribution in [3.05, 3.63) is 41.5 Å². The van der Waals surface area contributed by atoms with Crippen LogP contribution in [0.15, 0.2) is 24.4 Å². The predicted octanol–water partition coefficient (Wildman–Crippen LogP) is 3.23. The highest BCUT2D eigenvalue weighted by Gasteiger charge is 2.39. The molecule has 1 heterocycles. The van der Waals surface area contributed by atoms with Gasteiger partial charge in [-0.05, 0) is 19.1 Å². The molecule has 5 nitrogen and oxygen atoms in total. The van der Waals surface area contributed by atoms with E-state index in [-0.39, 0.29) is 18.0 Å². The Bertz CT molecular complexity index is 725. The number of ether oxygens (including phenoxy) is 1. The van der Waals surface area contributed by atoms with Crippen molar-refractivity contribution in [3.63, 3.8) is 0 Å². The second-order valence-electron chi connectivity index (χ2n) is 4.60. The molecule has 0 spiro atoms. The molecule has 0 aliphatic rings. The summed E-state index contributed by atoms with van der Waals surface area (Å²) in [4.78, 5) is 12.0. The molecule has 9 heteroatoms. The molecule has 0 atom stereocenters. The Morgan fingerprint density at radius 1 is 1.39 bits per heavy atom. The van der Waals surface area contributed by atoms with Gasteiger partial charge in [0.25, 0.3) is 5.91 Å². The van der Waals surface area contributed by atoms with Gasteiger partial charge >= 0.3 is 6.18 Å². The molecule has 0 saturated heterocycles. The molecule has 2 rings (SSSR count). The summed E-state index contributed by atoms with van der Waals surface area (Å²) < 4.78 is 58.1. The molecule has 1 aromatic carbocycles. The molecule has 1 amide bonds. The summed E-state index contributed by atoms with van der Waals surface area (Å²) in [6, 6.07) is 3.57. The Morgan fingerprint density at radius 2 is 2.09 bits per heavy atom. The number of benzene rings is 1. The van der Waals surface area contributed by atoms with Gasteiger partial charge in [0.15, 0.2) is 17.3 Å². The van der Waals surface area contributed by atoms with Crippen LogP contribution in [0.1, 0.15) is 23.0 Å². The minimum absolute atomic E-state index is 0.00734. The van der Waals surface area contributed by atoms with E-state index < -0.39 is 29.2 Å². The van der Waals surface area contributed by atoms with E-state index in [2.05, 4.69) is 10.4 Å². The molecular weight excluding hydrogens is 318 g/mol. The highest BCUT2D eigenvalue weighted by Crippen LogP contribution is 2.31. The number of carbonyl (C=O) groups excluding carboxylic acids is 1. The van der Waals surface area contributed by atoms with E-state index in [4.69, 9.17) is 4.74 Å². The fourth-order valence-electron chi connectivity index (χ4n) is 1.91. The summed E-state index contributed by atoms with van der Waals surface area (Å²) in [5, 5.41) is 5.44. The second kappa shape index (κ2) is 6.27. The maximum Gasteiger partial charge on any atom is 0.435 e. The van der Waals surface area contributed by atoms with Crippen LogP contribution in [0, 0.1) is 5.82 Å². The molecule has 2 aromatic rings. The van der Waals surface area contributed by atoms with Gasteiger partial charge in [0.05, 0.1) is 12.2 Å². The van der Waals surface area contributed by atoms with Crippen molar-refractivity contribution in [2.75, 3.05) is 11.9 Å². The molecule has 1 aromatic heterocycles. The van der Waals surface area contributed by atoms with Crippen LogP contribution in [0.2, 0.25) is 0 Å². The third kappa shape index (κ3) is 3.79. The number of halogens is 4. The van der Waals surface area contributed by atoms with E-state index in [9.17, 15) is 22.4 Å². The third-order valence-corrected chi connectivity index (χ3v) is 2.83. The lowest BCUT2D eigenvalue weighted by Crippen LogP contribution is -2.17. The van der Waals surface area contributed by atoms with Crippen LogP contribution in [0.25, 0.3) is 0 Å². The number of alkyl halides is 3. The first-order valence-corrected chi connectivity index (χ1v) is 6.57. The fourth-order valence-corrected chi connectivity index (χ4v) is 1.91. The second-order valence-corrected chi connectivity index (χ2v) is 4.60. The topological polar surface area (TPSA) is 56.1 Å². The number of hydrogen-bond donors (Lipinski definition) is 1. The summed E-state index contributed by atoms with van der Waals surface area (Å²) in [5.41, 5.74) is -1.94. The van der Waals surface area contributed by atoms with Gasteiger partial charge < -0.3 is 10.1 Å². The van der Waals surface area contributed by atoms with Crippen molar-refractivity contribution in [2.24, 2.45) is 7.05 Å². The van der Waals surface area contributed by atoms with Gasteiger partial charge in [-0.2, -0.15) is 18.3 Å². The molecule has 0 aliphatic heterocycles. The average molecular weight is 331 g/mol. The summed E-state index contributed by atoms with van der Waals surface area (Å²) in [5.74, 6) is -1.77. The van der Waals surface area contributed by atoms with E-state index in [0.29, 0.717) is 0 Å². The van der Waals surface area contributed by atoms with Crippen molar-refractivity contribution >= 4 is 11.6 Å². The van der Waals surface area contributed by atoms with Crippen molar-refractivity contribution < 1.29 is 27.1 Å².